The van der Waals surface area contributed by atoms with E-state index in [-0.39, 0.29) is 6.61 Å². The molecule has 1 aliphatic heterocycles. The molecule has 0 aliphatic carbocycles. The van der Waals surface area contributed by atoms with Crippen LogP contribution in [0.1, 0.15) is 79.7 Å². The monoisotopic (exact) mass is 635 g/mol. The molecular weight excluding hydrogens is 592 g/mol. The molecule has 0 radical (unpaired) electrons. The smallest absolute Gasteiger partial charge is 0.475 e. The maximum atomic E-state index is 13.5. The van der Waals surface area contributed by atoms with Gasteiger partial charge in [0.15, 0.2) is 5.90 Å². The van der Waals surface area contributed by atoms with E-state index in [2.05, 4.69) is 41.3 Å². The summed E-state index contributed by atoms with van der Waals surface area (Å²) in [4.78, 5) is 4.72. The van der Waals surface area contributed by atoms with Gasteiger partial charge in [0, 0.05) is 6.92 Å². The molecule has 0 aromatic heterocycles. The molecule has 0 spiro atoms. The number of hydrogen-bond acceptors (Lipinski definition) is 7. The third kappa shape index (κ3) is 12.1. The Kier molecular flexibility index (Phi) is 11.5. The second-order valence-corrected chi connectivity index (χ2v) is 14.3. The minimum Gasteiger partial charge on any atom is -0.494 e. The molecule has 1 aliphatic rings. The van der Waals surface area contributed by atoms with Gasteiger partial charge in [-0.15, -0.1) is 0 Å². The normalized spacial score (nSPS) is 18.6. The van der Waals surface area contributed by atoms with Crippen molar-refractivity contribution in [2.24, 2.45) is 4.99 Å². The van der Waals surface area contributed by atoms with Gasteiger partial charge in [-0.3, -0.25) is 13.6 Å². The second kappa shape index (κ2) is 13.2. The number of ether oxygens (including phenoxy) is 2. The van der Waals surface area contributed by atoms with E-state index in [1.54, 1.807) is 0 Å². The first-order valence-corrected chi connectivity index (χ1v) is 15.0. The van der Waals surface area contributed by atoms with Gasteiger partial charge in [-0.1, -0.05) is 18.7 Å². The molecule has 0 bridgehead atoms. The minimum absolute atomic E-state index is 0.0681. The summed E-state index contributed by atoms with van der Waals surface area (Å²) in [7, 11) is -3.85. The predicted molar refractivity (Wildman–Crippen MR) is 154 cm³/mol. The Bertz CT molecular complexity index is 915. The highest BCUT2D eigenvalue weighted by Crippen LogP contribution is 2.56. The fraction of sp³-hybridized carbons (Fsp3) is 0.667. The number of benzene rings is 1. The van der Waals surface area contributed by atoms with Crippen LogP contribution in [-0.4, -0.2) is 42.5 Å². The Hall–Kier alpha value is -0.930. The van der Waals surface area contributed by atoms with Crippen molar-refractivity contribution in [3.63, 3.8) is 0 Å². The fourth-order valence-corrected chi connectivity index (χ4v) is 5.86. The number of nitrogens with zero attached hydrogens (tertiary/aromatic N) is 1. The van der Waals surface area contributed by atoms with Crippen molar-refractivity contribution in [1.29, 1.82) is 0 Å². The summed E-state index contributed by atoms with van der Waals surface area (Å²) in [5.74, 6) is 1.46. The van der Waals surface area contributed by atoms with Gasteiger partial charge >= 0.3 is 7.82 Å². The van der Waals surface area contributed by atoms with E-state index in [1.807, 2.05) is 60.6 Å². The number of unbranched alkanes of at least 4 members (excludes halogenated alkanes) is 1. The topological polar surface area (TPSA) is 75.6 Å². The van der Waals surface area contributed by atoms with Crippen LogP contribution in [-0.2, 0) is 29.3 Å². The molecule has 0 saturated carbocycles. The first-order chi connectivity index (χ1) is 16.6. The molecule has 1 aromatic carbocycles. The van der Waals surface area contributed by atoms with Crippen LogP contribution in [0.15, 0.2) is 39.4 Å². The molecule has 1 heterocycles. The van der Waals surface area contributed by atoms with Gasteiger partial charge in [0.25, 0.3) is 0 Å². The third-order valence-corrected chi connectivity index (χ3v) is 7.65. The van der Waals surface area contributed by atoms with Crippen molar-refractivity contribution >= 4 is 36.3 Å². The standard InChI is InChI=1S/C27H43INO6P/c1-21(28)11-9-10-18-31-24-14-12-23(13-15-24)16-17-27(19-32-22(2)29-27)20-33-36(30,34-25(3,4)5)35-26(6,7)8/h12-15H,1,9-11,16-20H2,2-8H3. The number of halogens is 1. The molecule has 1 unspecified atom stereocenters. The number of hydrogen-bond donors (Lipinski definition) is 0. The average molecular weight is 636 g/mol. The third-order valence-electron chi connectivity index (χ3n) is 5.12. The summed E-state index contributed by atoms with van der Waals surface area (Å²) in [6.45, 7) is 17.8. The lowest BCUT2D eigenvalue weighted by Crippen LogP contribution is -2.36. The average Bonchev–Trinajstić information content (AvgIpc) is 3.10. The zero-order chi connectivity index (χ0) is 27.0. The molecular formula is C27H43INO6P. The summed E-state index contributed by atoms with van der Waals surface area (Å²) < 4.78 is 43.7. The Morgan fingerprint density at radius 2 is 1.72 bits per heavy atom. The summed E-state index contributed by atoms with van der Waals surface area (Å²) in [6.07, 6.45) is 4.54. The Labute approximate surface area is 231 Å². The van der Waals surface area contributed by atoms with Crippen molar-refractivity contribution in [3.05, 3.63) is 40.0 Å². The van der Waals surface area contributed by atoms with Crippen LogP contribution in [0.25, 0.3) is 0 Å². The van der Waals surface area contributed by atoms with Crippen LogP contribution in [0.2, 0.25) is 0 Å². The van der Waals surface area contributed by atoms with Crippen LogP contribution in [0.4, 0.5) is 0 Å². The van der Waals surface area contributed by atoms with Gasteiger partial charge in [0.2, 0.25) is 0 Å². The van der Waals surface area contributed by atoms with E-state index in [9.17, 15) is 4.57 Å². The van der Waals surface area contributed by atoms with Gasteiger partial charge in [-0.25, -0.2) is 9.56 Å². The van der Waals surface area contributed by atoms with E-state index < -0.39 is 24.6 Å². The molecule has 1 atom stereocenters. The number of allylic oxidation sites excluding steroid dienone is 1. The van der Waals surface area contributed by atoms with Gasteiger partial charge in [-0.05, 0) is 118 Å². The van der Waals surface area contributed by atoms with E-state index in [0.29, 0.717) is 25.5 Å². The van der Waals surface area contributed by atoms with E-state index in [4.69, 9.17) is 28.0 Å². The zero-order valence-corrected chi connectivity index (χ0v) is 25.9. The SMILES string of the molecule is C=C(I)CCCCOc1ccc(CCC2(COP(=O)(OC(C)(C)C)OC(C)(C)C)COC(C)=N2)cc1. The number of aliphatic imine (C=N–C) groups is 1. The van der Waals surface area contributed by atoms with Gasteiger partial charge in [0.05, 0.1) is 24.4 Å². The number of rotatable bonds is 14. The first kappa shape index (κ1) is 31.3. The maximum Gasteiger partial charge on any atom is 0.475 e. The fourth-order valence-electron chi connectivity index (χ4n) is 3.59. The highest BCUT2D eigenvalue weighted by Gasteiger charge is 2.42. The number of aryl methyl sites for hydroxylation is 1. The molecule has 0 saturated heterocycles. The summed E-state index contributed by atoms with van der Waals surface area (Å²) in [5.41, 5.74) is -0.913. The van der Waals surface area contributed by atoms with Crippen molar-refractivity contribution in [3.8, 4) is 5.75 Å². The molecule has 1 aromatic rings. The van der Waals surface area contributed by atoms with Crippen LogP contribution in [0.5, 0.6) is 5.75 Å². The van der Waals surface area contributed by atoms with Gasteiger partial charge in [0.1, 0.15) is 17.9 Å². The van der Waals surface area contributed by atoms with Crippen molar-refractivity contribution in [1.82, 2.24) is 0 Å². The van der Waals surface area contributed by atoms with Crippen LogP contribution in [0.3, 0.4) is 0 Å². The minimum atomic E-state index is -3.85. The van der Waals surface area contributed by atoms with Crippen LogP contribution < -0.4 is 4.74 Å². The van der Waals surface area contributed by atoms with Crippen molar-refractivity contribution in [2.75, 3.05) is 19.8 Å². The molecule has 0 N–H and O–H groups in total. The lowest BCUT2D eigenvalue weighted by Gasteiger charge is -2.33. The Morgan fingerprint density at radius 1 is 1.11 bits per heavy atom. The first-order valence-electron chi connectivity index (χ1n) is 12.5. The quantitative estimate of drug-likeness (QED) is 0.117. The Balaban J connectivity index is 1.99. The maximum absolute atomic E-state index is 13.5. The second-order valence-electron chi connectivity index (χ2n) is 11.2. The van der Waals surface area contributed by atoms with Crippen LogP contribution >= 0.6 is 30.4 Å². The summed E-state index contributed by atoms with van der Waals surface area (Å²) in [5, 5.41) is 0. The van der Waals surface area contributed by atoms with Gasteiger partial charge in [-0.2, -0.15) is 0 Å². The number of phosphoric ester groups is 1. The molecule has 9 heteroatoms. The van der Waals surface area contributed by atoms with Crippen molar-refractivity contribution in [2.45, 2.75) is 97.3 Å². The molecule has 2 rings (SSSR count). The highest BCUT2D eigenvalue weighted by molar-refractivity contribution is 14.1. The van der Waals surface area contributed by atoms with Crippen molar-refractivity contribution < 1.29 is 27.6 Å². The summed E-state index contributed by atoms with van der Waals surface area (Å²) >= 11 is 2.27. The zero-order valence-electron chi connectivity index (χ0n) is 22.9. The predicted octanol–water partition coefficient (Wildman–Crippen LogP) is 8.06. The number of phosphoric acid groups is 1. The van der Waals surface area contributed by atoms with Crippen LogP contribution in [0, 0.1) is 0 Å². The molecule has 0 amide bonds. The molecule has 36 heavy (non-hydrogen) atoms. The highest BCUT2D eigenvalue weighted by atomic mass is 127. The van der Waals surface area contributed by atoms with Gasteiger partial charge < -0.3 is 9.47 Å². The molecule has 204 valence electrons. The van der Waals surface area contributed by atoms with E-state index in [0.717, 1.165) is 37.0 Å². The molecule has 7 nitrogen and oxygen atoms in total. The largest absolute Gasteiger partial charge is 0.494 e. The molecule has 0 fully saturated rings. The summed E-state index contributed by atoms with van der Waals surface area (Å²) in [6, 6.07) is 8.13. The Morgan fingerprint density at radius 3 is 2.22 bits per heavy atom. The van der Waals surface area contributed by atoms with E-state index >= 15 is 0 Å². The lowest BCUT2D eigenvalue weighted by molar-refractivity contribution is -0.00465. The van der Waals surface area contributed by atoms with E-state index in [1.165, 1.54) is 3.58 Å². The lowest BCUT2D eigenvalue weighted by atomic mass is 9.94.